The van der Waals surface area contributed by atoms with E-state index in [2.05, 4.69) is 0 Å². The molecular formula is C5H8O2S. The molecule has 0 aromatic carbocycles. The van der Waals surface area contributed by atoms with Gasteiger partial charge in [-0.15, -0.1) is 0 Å². The molecule has 0 fully saturated rings. The van der Waals surface area contributed by atoms with Crippen molar-refractivity contribution in [2.45, 2.75) is 6.92 Å². The van der Waals surface area contributed by atoms with Crippen LogP contribution in [0, 0.1) is 0 Å². The van der Waals surface area contributed by atoms with Crippen molar-refractivity contribution >= 4 is 11.2 Å². The summed E-state index contributed by atoms with van der Waals surface area (Å²) in [6.07, 6.45) is 0. The molecule has 8 heavy (non-hydrogen) atoms. The van der Waals surface area contributed by atoms with Gasteiger partial charge >= 0.3 is 0 Å². The molecule has 1 aliphatic rings. The highest BCUT2D eigenvalue weighted by atomic mass is 32.2. The summed E-state index contributed by atoms with van der Waals surface area (Å²) in [4.78, 5) is 0. The topological polar surface area (TPSA) is 32.3 Å². The second-order valence-electron chi connectivity index (χ2n) is 1.66. The van der Waals surface area contributed by atoms with Crippen LogP contribution >= 0.6 is 0 Å². The smallest absolute Gasteiger partial charge is 0.154 e. The molecule has 0 saturated carbocycles. The lowest BCUT2D eigenvalue weighted by Gasteiger charge is -2.13. The highest BCUT2D eigenvalue weighted by Gasteiger charge is 2.09. The van der Waals surface area contributed by atoms with Gasteiger partial charge in [0.25, 0.3) is 0 Å². The zero-order valence-corrected chi connectivity index (χ0v) is 5.53. The van der Waals surface area contributed by atoms with Gasteiger partial charge in [-0.2, -0.15) is 0 Å². The maximum absolute atomic E-state index is 10.6. The molecule has 0 bridgehead atoms. The zero-order chi connectivity index (χ0) is 5.98. The van der Waals surface area contributed by atoms with Crippen molar-refractivity contribution in [1.82, 2.24) is 0 Å². The fourth-order valence-corrected chi connectivity index (χ4v) is 1.37. The van der Waals surface area contributed by atoms with Gasteiger partial charge < -0.3 is 9.29 Å². The molecular weight excluding hydrogens is 124 g/mol. The van der Waals surface area contributed by atoms with E-state index >= 15 is 0 Å². The fourth-order valence-electron chi connectivity index (χ4n) is 0.563. The molecule has 0 spiro atoms. The zero-order valence-electron chi connectivity index (χ0n) is 4.72. The Bertz CT molecular complexity index is 111. The number of ether oxygens (including phenoxy) is 1. The maximum atomic E-state index is 10.6. The normalized spacial score (nSPS) is 28.8. The first-order valence-corrected chi connectivity index (χ1v) is 3.85. The number of hydrogen-bond donors (Lipinski definition) is 0. The van der Waals surface area contributed by atoms with E-state index in [0.29, 0.717) is 12.4 Å². The Hall–Kier alpha value is -0.150. The minimum absolute atomic E-state index is 0.606. The molecule has 1 heterocycles. The Morgan fingerprint density at radius 2 is 2.62 bits per heavy atom. The quantitative estimate of drug-likeness (QED) is 0.453. The summed E-state index contributed by atoms with van der Waals surface area (Å²) in [5, 5.41) is 1.64. The highest BCUT2D eigenvalue weighted by molar-refractivity contribution is 7.94. The van der Waals surface area contributed by atoms with E-state index in [4.69, 9.17) is 4.74 Å². The van der Waals surface area contributed by atoms with Crippen molar-refractivity contribution < 1.29 is 9.29 Å². The largest absolute Gasteiger partial charge is 0.612 e. The summed E-state index contributed by atoms with van der Waals surface area (Å²) in [5.74, 6) is 1.44. The van der Waals surface area contributed by atoms with E-state index in [1.165, 1.54) is 0 Å². The Balaban J connectivity index is 2.50. The Morgan fingerprint density at radius 1 is 1.88 bits per heavy atom. The Morgan fingerprint density at radius 3 is 3.00 bits per heavy atom. The van der Waals surface area contributed by atoms with Gasteiger partial charge in [-0.05, 0) is 18.1 Å². The Kier molecular flexibility index (Phi) is 1.81. The predicted molar refractivity (Wildman–Crippen MR) is 32.7 cm³/mol. The second-order valence-corrected chi connectivity index (χ2v) is 3.07. The average molecular weight is 132 g/mol. The molecule has 3 heteroatoms. The molecule has 0 saturated heterocycles. The number of hydrogen-bond acceptors (Lipinski definition) is 2. The average Bonchev–Trinajstić information content (AvgIpc) is 1.64. The van der Waals surface area contributed by atoms with Crippen molar-refractivity contribution in [3.05, 3.63) is 11.2 Å². The second kappa shape index (κ2) is 2.42. The lowest BCUT2D eigenvalue weighted by molar-refractivity contribution is 0.229. The van der Waals surface area contributed by atoms with Crippen molar-refractivity contribution in [3.8, 4) is 0 Å². The van der Waals surface area contributed by atoms with Crippen molar-refractivity contribution in [2.75, 3.05) is 12.4 Å². The maximum Gasteiger partial charge on any atom is 0.154 e. The van der Waals surface area contributed by atoms with E-state index in [0.717, 1.165) is 5.76 Å². The van der Waals surface area contributed by atoms with Crippen molar-refractivity contribution in [3.63, 3.8) is 0 Å². The van der Waals surface area contributed by atoms with Gasteiger partial charge in [0.2, 0.25) is 0 Å². The van der Waals surface area contributed by atoms with Crippen molar-refractivity contribution in [1.29, 1.82) is 0 Å². The summed E-state index contributed by atoms with van der Waals surface area (Å²) in [6.45, 7) is 2.42. The van der Waals surface area contributed by atoms with E-state index < -0.39 is 11.2 Å². The van der Waals surface area contributed by atoms with Gasteiger partial charge in [0.05, 0.1) is 0 Å². The predicted octanol–water partition coefficient (Wildman–Crippen LogP) is 0.627. The van der Waals surface area contributed by atoms with Crippen LogP contribution in [0.15, 0.2) is 11.2 Å². The van der Waals surface area contributed by atoms with Gasteiger partial charge in [-0.3, -0.25) is 0 Å². The van der Waals surface area contributed by atoms with Crippen LogP contribution in [0.25, 0.3) is 0 Å². The van der Waals surface area contributed by atoms with Gasteiger partial charge in [-0.1, -0.05) is 0 Å². The summed E-state index contributed by atoms with van der Waals surface area (Å²) in [7, 11) is 0. The van der Waals surface area contributed by atoms with E-state index in [1.807, 2.05) is 6.92 Å². The first kappa shape index (κ1) is 5.98. The van der Waals surface area contributed by atoms with Crippen LogP contribution in [-0.2, 0) is 15.9 Å². The van der Waals surface area contributed by atoms with Crippen molar-refractivity contribution in [2.24, 2.45) is 0 Å². The number of rotatable bonds is 0. The van der Waals surface area contributed by atoms with Crippen LogP contribution in [0.3, 0.4) is 0 Å². The van der Waals surface area contributed by atoms with Crippen LogP contribution < -0.4 is 0 Å². The molecule has 0 aliphatic carbocycles. The molecule has 1 unspecified atom stereocenters. The molecule has 2 nitrogen and oxygen atoms in total. The molecule has 1 atom stereocenters. The van der Waals surface area contributed by atoms with Gasteiger partial charge in [0.15, 0.2) is 5.41 Å². The lowest BCUT2D eigenvalue weighted by atomic mass is 10.6. The molecule has 0 aromatic heterocycles. The van der Waals surface area contributed by atoms with Gasteiger partial charge in [-0.25, -0.2) is 0 Å². The highest BCUT2D eigenvalue weighted by Crippen LogP contribution is 2.07. The van der Waals surface area contributed by atoms with Crippen LogP contribution in [0.4, 0.5) is 0 Å². The molecule has 46 valence electrons. The molecule has 0 amide bonds. The van der Waals surface area contributed by atoms with Gasteiger partial charge in [0.1, 0.15) is 18.1 Å². The molecule has 1 aliphatic heterocycles. The third-order valence-corrected chi connectivity index (χ3v) is 2.08. The van der Waals surface area contributed by atoms with Crippen LogP contribution in [-0.4, -0.2) is 16.9 Å². The molecule has 0 radical (unpaired) electrons. The third kappa shape index (κ3) is 1.42. The summed E-state index contributed by atoms with van der Waals surface area (Å²) >= 11 is -0.757. The SMILES string of the molecule is CC1=C[S+]([O-])CCO1. The summed E-state index contributed by atoms with van der Waals surface area (Å²) in [5.41, 5.74) is 0. The summed E-state index contributed by atoms with van der Waals surface area (Å²) in [6, 6.07) is 0. The first-order valence-electron chi connectivity index (χ1n) is 2.47. The fraction of sp³-hybridized carbons (Fsp3) is 0.600. The molecule has 1 rings (SSSR count). The van der Waals surface area contributed by atoms with Gasteiger partial charge in [0, 0.05) is 0 Å². The van der Waals surface area contributed by atoms with E-state index in [1.54, 1.807) is 5.41 Å². The number of allylic oxidation sites excluding steroid dienone is 1. The standard InChI is InChI=1S/C5H8O2S/c1-5-4-8(6)3-2-7-5/h4H,2-3H2,1H3. The minimum Gasteiger partial charge on any atom is -0.612 e. The minimum atomic E-state index is -0.757. The third-order valence-electron chi connectivity index (χ3n) is 0.912. The Labute approximate surface area is 51.7 Å². The lowest BCUT2D eigenvalue weighted by Crippen LogP contribution is -2.14. The van der Waals surface area contributed by atoms with Crippen LogP contribution in [0.5, 0.6) is 0 Å². The van der Waals surface area contributed by atoms with Crippen LogP contribution in [0.1, 0.15) is 6.92 Å². The molecule has 0 aromatic rings. The van der Waals surface area contributed by atoms with Crippen LogP contribution in [0.2, 0.25) is 0 Å². The monoisotopic (exact) mass is 132 g/mol. The first-order chi connectivity index (χ1) is 3.79. The summed E-state index contributed by atoms with van der Waals surface area (Å²) < 4.78 is 15.6. The van der Waals surface area contributed by atoms with E-state index in [-0.39, 0.29) is 0 Å². The molecule has 0 N–H and O–H groups in total. The van der Waals surface area contributed by atoms with E-state index in [9.17, 15) is 4.55 Å².